The van der Waals surface area contributed by atoms with Crippen LogP contribution in [0, 0.1) is 0 Å². The molecule has 0 spiro atoms. The topological polar surface area (TPSA) is 78.3 Å². The van der Waals surface area contributed by atoms with E-state index >= 15 is 0 Å². The van der Waals surface area contributed by atoms with Gasteiger partial charge in [-0.3, -0.25) is 10.1 Å². The molecule has 82 valence electrons. The number of anilines is 1. The van der Waals surface area contributed by atoms with Crippen molar-refractivity contribution in [1.82, 2.24) is 15.2 Å². The van der Waals surface area contributed by atoms with Gasteiger partial charge in [0.15, 0.2) is 0 Å². The first kappa shape index (κ1) is 10.3. The molecule has 2 aromatic heterocycles. The number of nitrogens with one attached hydrogen (secondary N) is 2. The van der Waals surface area contributed by atoms with E-state index in [4.69, 9.17) is 0 Å². The summed E-state index contributed by atoms with van der Waals surface area (Å²) in [6.45, 7) is 2.81. The summed E-state index contributed by atoms with van der Waals surface area (Å²) in [5, 5.41) is 18.0. The SMILES string of the molecule is CCNc1[nH]ncc1N=Nc1cccnc1. The molecule has 0 saturated carbocycles. The van der Waals surface area contributed by atoms with Gasteiger partial charge < -0.3 is 5.32 Å². The summed E-state index contributed by atoms with van der Waals surface area (Å²) < 4.78 is 0. The van der Waals surface area contributed by atoms with Crippen LogP contribution in [0.4, 0.5) is 17.2 Å². The van der Waals surface area contributed by atoms with Gasteiger partial charge in [-0.15, -0.1) is 10.2 Å². The first-order valence-electron chi connectivity index (χ1n) is 4.99. The van der Waals surface area contributed by atoms with Crippen LogP contribution in [0.5, 0.6) is 0 Å². The zero-order valence-electron chi connectivity index (χ0n) is 8.88. The Morgan fingerprint density at radius 2 is 2.31 bits per heavy atom. The van der Waals surface area contributed by atoms with Crippen molar-refractivity contribution >= 4 is 17.2 Å². The third kappa shape index (κ3) is 2.41. The highest BCUT2D eigenvalue weighted by atomic mass is 15.2. The van der Waals surface area contributed by atoms with Crippen molar-refractivity contribution in [3.8, 4) is 0 Å². The minimum Gasteiger partial charge on any atom is -0.369 e. The fourth-order valence-corrected chi connectivity index (χ4v) is 1.19. The van der Waals surface area contributed by atoms with Gasteiger partial charge in [-0.2, -0.15) is 5.10 Å². The monoisotopic (exact) mass is 216 g/mol. The van der Waals surface area contributed by atoms with Gasteiger partial charge in [-0.1, -0.05) is 0 Å². The predicted octanol–water partition coefficient (Wildman–Crippen LogP) is 2.65. The highest BCUT2D eigenvalue weighted by Crippen LogP contribution is 2.23. The van der Waals surface area contributed by atoms with Gasteiger partial charge in [0, 0.05) is 12.7 Å². The van der Waals surface area contributed by atoms with E-state index in [1.54, 1.807) is 18.6 Å². The average molecular weight is 216 g/mol. The minimum absolute atomic E-state index is 0.686. The van der Waals surface area contributed by atoms with E-state index in [-0.39, 0.29) is 0 Å². The number of rotatable bonds is 4. The summed E-state index contributed by atoms with van der Waals surface area (Å²) in [5.41, 5.74) is 1.40. The first-order chi connectivity index (χ1) is 7.90. The van der Waals surface area contributed by atoms with Gasteiger partial charge in [0.1, 0.15) is 17.2 Å². The normalized spacial score (nSPS) is 10.8. The molecular formula is C10H12N6. The number of hydrogen-bond donors (Lipinski definition) is 2. The fraction of sp³-hybridized carbons (Fsp3) is 0.200. The van der Waals surface area contributed by atoms with E-state index in [0.29, 0.717) is 11.4 Å². The first-order valence-corrected chi connectivity index (χ1v) is 4.99. The van der Waals surface area contributed by atoms with E-state index in [0.717, 1.165) is 12.4 Å². The average Bonchev–Trinajstić information content (AvgIpc) is 2.76. The summed E-state index contributed by atoms with van der Waals surface area (Å²) in [5.74, 6) is 0.773. The molecule has 2 aromatic rings. The zero-order chi connectivity index (χ0) is 11.2. The molecule has 0 aliphatic heterocycles. The van der Waals surface area contributed by atoms with Crippen LogP contribution >= 0.6 is 0 Å². The molecule has 2 heterocycles. The van der Waals surface area contributed by atoms with Crippen molar-refractivity contribution in [3.63, 3.8) is 0 Å². The molecule has 0 atom stereocenters. The summed E-state index contributed by atoms with van der Waals surface area (Å²) in [7, 11) is 0. The maximum atomic E-state index is 4.08. The Hall–Kier alpha value is -2.24. The maximum absolute atomic E-state index is 4.08. The molecule has 0 unspecified atom stereocenters. The molecule has 0 aliphatic rings. The molecule has 2 N–H and O–H groups in total. The van der Waals surface area contributed by atoms with Crippen LogP contribution in [0.25, 0.3) is 0 Å². The molecule has 2 rings (SSSR count). The standard InChI is InChI=1S/C10H12N6/c1-2-12-10-9(7-13-16-10)15-14-8-4-3-5-11-6-8/h3-7H,2H2,1H3,(H2,12,13,16). The van der Waals surface area contributed by atoms with Crippen molar-refractivity contribution in [1.29, 1.82) is 0 Å². The highest BCUT2D eigenvalue weighted by Gasteiger charge is 2.01. The van der Waals surface area contributed by atoms with E-state index in [9.17, 15) is 0 Å². The smallest absolute Gasteiger partial charge is 0.149 e. The predicted molar refractivity (Wildman–Crippen MR) is 61.2 cm³/mol. The Labute approximate surface area is 92.8 Å². The largest absolute Gasteiger partial charge is 0.369 e. The number of hydrogen-bond acceptors (Lipinski definition) is 5. The lowest BCUT2D eigenvalue weighted by molar-refractivity contribution is 1.06. The number of H-pyrrole nitrogens is 1. The highest BCUT2D eigenvalue weighted by molar-refractivity contribution is 5.58. The third-order valence-corrected chi connectivity index (χ3v) is 1.89. The van der Waals surface area contributed by atoms with Crippen LogP contribution in [0.1, 0.15) is 6.92 Å². The molecule has 0 fully saturated rings. The van der Waals surface area contributed by atoms with Crippen LogP contribution in [0.2, 0.25) is 0 Å². The molecular weight excluding hydrogens is 204 g/mol. The van der Waals surface area contributed by atoms with Gasteiger partial charge in [-0.25, -0.2) is 0 Å². The van der Waals surface area contributed by atoms with Crippen LogP contribution in [-0.4, -0.2) is 21.7 Å². The van der Waals surface area contributed by atoms with Crippen LogP contribution < -0.4 is 5.32 Å². The van der Waals surface area contributed by atoms with Crippen LogP contribution in [0.15, 0.2) is 41.0 Å². The van der Waals surface area contributed by atoms with Crippen molar-refractivity contribution in [2.24, 2.45) is 10.2 Å². The van der Waals surface area contributed by atoms with Crippen LogP contribution in [0.3, 0.4) is 0 Å². The van der Waals surface area contributed by atoms with E-state index < -0.39 is 0 Å². The molecule has 0 aliphatic carbocycles. The van der Waals surface area contributed by atoms with E-state index in [2.05, 4.69) is 30.7 Å². The second-order valence-corrected chi connectivity index (χ2v) is 3.07. The number of nitrogens with zero attached hydrogens (tertiary/aromatic N) is 4. The quantitative estimate of drug-likeness (QED) is 0.771. The van der Waals surface area contributed by atoms with Gasteiger partial charge in [0.2, 0.25) is 0 Å². The summed E-state index contributed by atoms with van der Waals surface area (Å²) in [4.78, 5) is 3.95. The Balaban J connectivity index is 2.14. The van der Waals surface area contributed by atoms with Gasteiger partial charge >= 0.3 is 0 Å². The summed E-state index contributed by atoms with van der Waals surface area (Å²) >= 11 is 0. The Bertz CT molecular complexity index is 461. The number of aromatic nitrogens is 3. The lowest BCUT2D eigenvalue weighted by Gasteiger charge is -1.98. The molecule has 6 heteroatoms. The van der Waals surface area contributed by atoms with Gasteiger partial charge in [0.25, 0.3) is 0 Å². The second-order valence-electron chi connectivity index (χ2n) is 3.07. The summed E-state index contributed by atoms with van der Waals surface area (Å²) in [6.07, 6.45) is 4.97. The fourth-order valence-electron chi connectivity index (χ4n) is 1.19. The molecule has 6 nitrogen and oxygen atoms in total. The number of aromatic amines is 1. The van der Waals surface area contributed by atoms with Crippen molar-refractivity contribution < 1.29 is 0 Å². The molecule has 0 saturated heterocycles. The number of pyridine rings is 1. The lowest BCUT2D eigenvalue weighted by Crippen LogP contribution is -1.96. The third-order valence-electron chi connectivity index (χ3n) is 1.89. The minimum atomic E-state index is 0.686. The van der Waals surface area contributed by atoms with Gasteiger partial charge in [0.05, 0.1) is 12.4 Å². The molecule has 0 aromatic carbocycles. The Kier molecular flexibility index (Phi) is 3.22. The molecule has 16 heavy (non-hydrogen) atoms. The van der Waals surface area contributed by atoms with E-state index in [1.807, 2.05) is 19.1 Å². The zero-order valence-corrected chi connectivity index (χ0v) is 8.88. The lowest BCUT2D eigenvalue weighted by atomic mass is 10.4. The van der Waals surface area contributed by atoms with E-state index in [1.165, 1.54) is 0 Å². The Morgan fingerprint density at radius 1 is 1.38 bits per heavy atom. The van der Waals surface area contributed by atoms with Crippen molar-refractivity contribution in [2.45, 2.75) is 6.92 Å². The second kappa shape index (κ2) is 5.01. The molecule has 0 amide bonds. The molecule has 0 bridgehead atoms. The number of azo groups is 1. The van der Waals surface area contributed by atoms with Crippen molar-refractivity contribution in [2.75, 3.05) is 11.9 Å². The molecule has 0 radical (unpaired) electrons. The Morgan fingerprint density at radius 3 is 3.06 bits per heavy atom. The van der Waals surface area contributed by atoms with Crippen molar-refractivity contribution in [3.05, 3.63) is 30.7 Å². The summed E-state index contributed by atoms with van der Waals surface area (Å²) in [6, 6.07) is 3.65. The maximum Gasteiger partial charge on any atom is 0.149 e. The van der Waals surface area contributed by atoms with Gasteiger partial charge in [-0.05, 0) is 19.1 Å². The van der Waals surface area contributed by atoms with Crippen LogP contribution in [-0.2, 0) is 0 Å².